The normalized spacial score (nSPS) is 12.4. The standard InChI is InChI=1S/C13H18N2O2Si/c1-10(11-8-6-5-7-9-11)17-13(16)12(15-14)18(2,3)4/h5-10H,1-4H3. The molecule has 0 radical (unpaired) electrons. The number of ether oxygens (including phenoxy) is 1. The van der Waals surface area contributed by atoms with Crippen molar-refractivity contribution in [2.75, 3.05) is 0 Å². The van der Waals surface area contributed by atoms with Crippen LogP contribution in [0.1, 0.15) is 18.6 Å². The Balaban J connectivity index is 2.80. The first-order valence-corrected chi connectivity index (χ1v) is 9.34. The van der Waals surface area contributed by atoms with E-state index in [4.69, 9.17) is 10.3 Å². The van der Waals surface area contributed by atoms with Gasteiger partial charge in [0.25, 0.3) is 0 Å². The van der Waals surface area contributed by atoms with Crippen molar-refractivity contribution in [3.05, 3.63) is 41.4 Å². The van der Waals surface area contributed by atoms with Crippen LogP contribution in [0.25, 0.3) is 5.53 Å². The van der Waals surface area contributed by atoms with Crippen LogP contribution in [0.15, 0.2) is 30.3 Å². The fourth-order valence-electron chi connectivity index (χ4n) is 1.51. The van der Waals surface area contributed by atoms with Crippen LogP contribution in [0.2, 0.25) is 19.6 Å². The molecule has 0 spiro atoms. The summed E-state index contributed by atoms with van der Waals surface area (Å²) in [6, 6.07) is 9.46. The lowest BCUT2D eigenvalue weighted by Crippen LogP contribution is -2.41. The van der Waals surface area contributed by atoms with Gasteiger partial charge in [-0.15, -0.1) is 0 Å². The predicted molar refractivity (Wildman–Crippen MR) is 72.9 cm³/mol. The predicted octanol–water partition coefficient (Wildman–Crippen LogP) is 2.84. The van der Waals surface area contributed by atoms with Gasteiger partial charge in [-0.2, -0.15) is 4.79 Å². The van der Waals surface area contributed by atoms with Crippen molar-refractivity contribution in [1.82, 2.24) is 0 Å². The van der Waals surface area contributed by atoms with Crippen molar-refractivity contribution in [3.63, 3.8) is 0 Å². The summed E-state index contributed by atoms with van der Waals surface area (Å²) in [6.07, 6.45) is -0.355. The summed E-state index contributed by atoms with van der Waals surface area (Å²) in [4.78, 5) is 15.0. The van der Waals surface area contributed by atoms with Crippen molar-refractivity contribution in [3.8, 4) is 0 Å². The van der Waals surface area contributed by atoms with Crippen LogP contribution in [0.4, 0.5) is 0 Å². The molecule has 0 N–H and O–H groups in total. The first-order valence-electron chi connectivity index (χ1n) is 5.84. The first-order chi connectivity index (χ1) is 8.36. The minimum absolute atomic E-state index is 0.158. The van der Waals surface area contributed by atoms with E-state index in [1.807, 2.05) is 50.0 Å². The largest absolute Gasteiger partial charge is 0.450 e. The smallest absolute Gasteiger partial charge is 0.410 e. The molecule has 0 aliphatic carbocycles. The molecule has 5 heteroatoms. The summed E-state index contributed by atoms with van der Waals surface area (Å²) in [6.45, 7) is 7.58. The fourth-order valence-corrected chi connectivity index (χ4v) is 2.48. The number of carbonyl (C=O) groups is 1. The Kier molecular flexibility index (Phi) is 4.59. The van der Waals surface area contributed by atoms with Gasteiger partial charge < -0.3 is 10.3 Å². The Labute approximate surface area is 108 Å². The van der Waals surface area contributed by atoms with Crippen LogP contribution < -0.4 is 0 Å². The lowest BCUT2D eigenvalue weighted by atomic mass is 10.1. The summed E-state index contributed by atoms with van der Waals surface area (Å²) in [5.41, 5.74) is 9.85. The highest BCUT2D eigenvalue weighted by Gasteiger charge is 2.38. The third-order valence-electron chi connectivity index (χ3n) is 2.56. The van der Waals surface area contributed by atoms with Crippen LogP contribution in [-0.2, 0) is 9.53 Å². The highest BCUT2D eigenvalue weighted by Crippen LogP contribution is 2.17. The summed E-state index contributed by atoms with van der Waals surface area (Å²) in [5.74, 6) is -0.534. The molecule has 96 valence electrons. The molecule has 1 aromatic rings. The summed E-state index contributed by atoms with van der Waals surface area (Å²) in [7, 11) is -1.99. The highest BCUT2D eigenvalue weighted by molar-refractivity contribution is 7.11. The Morgan fingerprint density at radius 3 is 2.28 bits per heavy atom. The molecule has 0 heterocycles. The number of nitrogens with zero attached hydrogens (tertiary/aromatic N) is 2. The Hall–Kier alpha value is -1.71. The maximum absolute atomic E-state index is 11.9. The second-order valence-electron chi connectivity index (χ2n) is 5.16. The maximum atomic E-state index is 11.9. The van der Waals surface area contributed by atoms with E-state index in [9.17, 15) is 4.79 Å². The zero-order chi connectivity index (χ0) is 13.8. The lowest BCUT2D eigenvalue weighted by molar-refractivity contribution is -0.144. The van der Waals surface area contributed by atoms with E-state index in [0.29, 0.717) is 0 Å². The van der Waals surface area contributed by atoms with Crippen molar-refractivity contribution in [2.45, 2.75) is 32.7 Å². The molecule has 0 saturated carbocycles. The van der Waals surface area contributed by atoms with E-state index in [2.05, 4.69) is 4.79 Å². The van der Waals surface area contributed by atoms with E-state index in [0.717, 1.165) is 5.56 Å². The van der Waals surface area contributed by atoms with Gasteiger partial charge in [-0.25, -0.2) is 4.79 Å². The number of hydrogen-bond acceptors (Lipinski definition) is 2. The van der Waals surface area contributed by atoms with Crippen LogP contribution in [0.5, 0.6) is 0 Å². The average molecular weight is 262 g/mol. The highest BCUT2D eigenvalue weighted by atomic mass is 28.3. The molecular formula is C13H18N2O2Si. The van der Waals surface area contributed by atoms with Gasteiger partial charge in [0.05, 0.1) is 0 Å². The van der Waals surface area contributed by atoms with Crippen LogP contribution >= 0.6 is 0 Å². The molecule has 1 atom stereocenters. The Bertz CT molecular complexity index is 474. The van der Waals surface area contributed by atoms with E-state index >= 15 is 0 Å². The minimum Gasteiger partial charge on any atom is -0.450 e. The summed E-state index contributed by atoms with van der Waals surface area (Å²) in [5, 5.41) is 0.158. The fraction of sp³-hybridized carbons (Fsp3) is 0.385. The minimum atomic E-state index is -1.99. The molecule has 0 aliphatic rings. The van der Waals surface area contributed by atoms with Gasteiger partial charge in [0.1, 0.15) is 6.10 Å². The van der Waals surface area contributed by atoms with Crippen LogP contribution in [0.3, 0.4) is 0 Å². The SMILES string of the molecule is CC(OC(=O)C(=[N+]=[N-])[Si](C)(C)C)c1ccccc1. The number of rotatable bonds is 4. The van der Waals surface area contributed by atoms with Gasteiger partial charge in [0.2, 0.25) is 0 Å². The molecule has 0 amide bonds. The molecule has 0 aliphatic heterocycles. The number of hydrogen-bond donors (Lipinski definition) is 0. The molecule has 0 fully saturated rings. The van der Waals surface area contributed by atoms with E-state index in [1.165, 1.54) is 0 Å². The van der Waals surface area contributed by atoms with Crippen molar-refractivity contribution in [1.29, 1.82) is 0 Å². The molecule has 4 nitrogen and oxygen atoms in total. The quantitative estimate of drug-likeness (QED) is 0.275. The Morgan fingerprint density at radius 2 is 1.83 bits per heavy atom. The monoisotopic (exact) mass is 262 g/mol. The van der Waals surface area contributed by atoms with E-state index < -0.39 is 14.0 Å². The maximum Gasteiger partial charge on any atom is 0.410 e. The summed E-state index contributed by atoms with van der Waals surface area (Å²) < 4.78 is 5.32. The van der Waals surface area contributed by atoms with Gasteiger partial charge in [0.15, 0.2) is 8.07 Å². The van der Waals surface area contributed by atoms with Crippen LogP contribution in [0, 0.1) is 0 Å². The third-order valence-corrected chi connectivity index (χ3v) is 4.28. The lowest BCUT2D eigenvalue weighted by Gasteiger charge is -2.14. The molecular weight excluding hydrogens is 244 g/mol. The second-order valence-corrected chi connectivity index (χ2v) is 10.1. The number of carbonyl (C=O) groups excluding carboxylic acids is 1. The van der Waals surface area contributed by atoms with Crippen LogP contribution in [-0.4, -0.2) is 24.2 Å². The van der Waals surface area contributed by atoms with Gasteiger partial charge >= 0.3 is 11.3 Å². The van der Waals surface area contributed by atoms with Gasteiger partial charge in [-0.3, -0.25) is 0 Å². The number of esters is 1. The summed E-state index contributed by atoms with van der Waals surface area (Å²) >= 11 is 0. The van der Waals surface area contributed by atoms with Crippen molar-refractivity contribution in [2.24, 2.45) is 0 Å². The van der Waals surface area contributed by atoms with Gasteiger partial charge in [-0.1, -0.05) is 50.0 Å². The second kappa shape index (κ2) is 5.75. The van der Waals surface area contributed by atoms with E-state index in [1.54, 1.807) is 6.92 Å². The molecule has 0 aromatic heterocycles. The van der Waals surface area contributed by atoms with Gasteiger partial charge in [0, 0.05) is 0 Å². The first kappa shape index (κ1) is 14.3. The number of benzene rings is 1. The van der Waals surface area contributed by atoms with Crippen molar-refractivity contribution >= 4 is 19.4 Å². The third kappa shape index (κ3) is 3.65. The molecule has 1 rings (SSSR count). The average Bonchev–Trinajstić information content (AvgIpc) is 2.29. The molecule has 0 saturated heterocycles. The molecule has 1 aromatic carbocycles. The molecule has 1 unspecified atom stereocenters. The zero-order valence-corrected chi connectivity index (χ0v) is 12.2. The Morgan fingerprint density at radius 1 is 1.28 bits per heavy atom. The van der Waals surface area contributed by atoms with E-state index in [-0.39, 0.29) is 11.4 Å². The topological polar surface area (TPSA) is 62.7 Å². The zero-order valence-electron chi connectivity index (χ0n) is 11.2. The molecule has 18 heavy (non-hydrogen) atoms. The van der Waals surface area contributed by atoms with Crippen molar-refractivity contribution < 1.29 is 14.3 Å². The molecule has 0 bridgehead atoms. The van der Waals surface area contributed by atoms with Gasteiger partial charge in [-0.05, 0) is 12.5 Å².